The zero-order valence-electron chi connectivity index (χ0n) is 12.0. The van der Waals surface area contributed by atoms with Crippen LogP contribution in [-0.4, -0.2) is 217 Å². The summed E-state index contributed by atoms with van der Waals surface area (Å²) in [5.41, 5.74) is 0. The molecule has 0 aliphatic carbocycles. The fraction of sp³-hybridized carbons (Fsp3) is 0. The summed E-state index contributed by atoms with van der Waals surface area (Å²) in [7, 11) is -11.7. The van der Waals surface area contributed by atoms with E-state index in [9.17, 15) is 0 Å². The molecule has 0 atom stereocenters. The molecule has 0 saturated carbocycles. The third-order valence-corrected chi connectivity index (χ3v) is 0. The monoisotopic (exact) mass is 446 g/mol. The zero-order chi connectivity index (χ0) is 14.3. The second kappa shape index (κ2) is 63.0. The quantitative estimate of drug-likeness (QED) is 0.313. The van der Waals surface area contributed by atoms with Crippen molar-refractivity contribution in [2.45, 2.75) is 0 Å². The van der Waals surface area contributed by atoms with Gasteiger partial charge in [-0.3, -0.25) is 29.3 Å². The van der Waals surface area contributed by atoms with Crippen LogP contribution in [0.2, 0.25) is 0 Å². The smallest absolute Gasteiger partial charge is 0.907 e. The van der Waals surface area contributed by atoms with E-state index in [0.717, 1.165) is 0 Å². The maximum Gasteiger partial charge on any atom is 2.00 e. The molecule has 23 heteroatoms. The van der Waals surface area contributed by atoms with Crippen molar-refractivity contribution >= 4 is 212 Å². The number of hydrogen-bond donors (Lipinski definition) is 0. The molecule has 0 aliphatic rings. The topological polar surface area (TPSA) is 308 Å². The van der Waals surface area contributed by atoms with Gasteiger partial charge in [0, 0.05) is 0 Å². The molecule has 23 heavy (non-hydrogen) atoms. The molecule has 0 radical (unpaired) electrons. The maximum atomic E-state index is 8.42. The molecule has 2 N–H and O–H groups in total. The molecule has 0 rings (SSSR count). The van der Waals surface area contributed by atoms with Crippen LogP contribution in [0.5, 0.6) is 0 Å². The van der Waals surface area contributed by atoms with Gasteiger partial charge in [0.05, 0.1) is 0 Å². The van der Waals surface area contributed by atoms with Crippen LogP contribution < -0.4 is 60.3 Å². The van der Waals surface area contributed by atoms with Crippen LogP contribution in [0.15, 0.2) is 0 Å². The van der Waals surface area contributed by atoms with Crippen LogP contribution in [0.3, 0.4) is 0 Å². The van der Waals surface area contributed by atoms with E-state index in [0.29, 0.717) is 0 Å². The predicted molar refractivity (Wildman–Crippen MR) is 61.2 cm³/mol. The van der Waals surface area contributed by atoms with Gasteiger partial charge in [-0.25, -0.2) is 0 Å². The van der Waals surface area contributed by atoms with Crippen molar-refractivity contribution in [1.82, 2.24) is 0 Å². The van der Waals surface area contributed by atoms with Crippen molar-refractivity contribution in [3.63, 3.8) is 0 Å². The Kier molecular flexibility index (Phi) is 192. The molecule has 13 nitrogen and oxygen atoms in total. The third-order valence-electron chi connectivity index (χ3n) is 0. The van der Waals surface area contributed by atoms with E-state index in [-0.39, 0.29) is 188 Å². The average molecular weight is 446 g/mol. The van der Waals surface area contributed by atoms with E-state index in [4.69, 9.17) is 60.3 Å². The molecule has 0 aromatic carbocycles. The van der Waals surface area contributed by atoms with E-state index in [1.54, 1.807) is 0 Å². The Morgan fingerprint density at radius 2 is 0.304 bits per heavy atom. The summed E-state index contributed by atoms with van der Waals surface area (Å²) < 4.78 is 0. The van der Waals surface area contributed by atoms with Crippen molar-refractivity contribution in [2.75, 3.05) is 0 Å². The molecule has 0 unspecified atom stereocenters. The Balaban J connectivity index is -0.00000000842. The molecule has 0 heterocycles. The molecule has 0 fully saturated rings. The summed E-state index contributed by atoms with van der Waals surface area (Å²) in [5.74, 6) is 0. The molecule has 0 amide bonds. The SMILES string of the molecule is O.[Ca+2].[Ca+2].[Ca+2].[Mg+2].[Mg+2].[Mg+2].[O-]B([O-])[O-].[O-]B([O-])[O-].[O-]B([O-])[O-].[O-]B([O-])[O-]. The summed E-state index contributed by atoms with van der Waals surface area (Å²) in [6.45, 7) is 0. The predicted octanol–water partition coefficient (Wildman–Crippen LogP) is -18.9. The second-order valence-electron chi connectivity index (χ2n) is 1.15. The second-order valence-corrected chi connectivity index (χ2v) is 1.15. The van der Waals surface area contributed by atoms with Crippen molar-refractivity contribution < 1.29 is 65.8 Å². The maximum absolute atomic E-state index is 8.42. The van der Waals surface area contributed by atoms with Gasteiger partial charge in [0.25, 0.3) is 0 Å². The Bertz CT molecular complexity index is 81.4. The first kappa shape index (κ1) is 70.2. The van der Waals surface area contributed by atoms with Gasteiger partial charge in [0.2, 0.25) is 0 Å². The van der Waals surface area contributed by atoms with Gasteiger partial charge in [-0.1, -0.05) is 0 Å². The van der Waals surface area contributed by atoms with E-state index in [1.807, 2.05) is 0 Å². The first-order valence-electron chi connectivity index (χ1n) is 2.83. The molecule has 0 bridgehead atoms. The van der Waals surface area contributed by atoms with Gasteiger partial charge in [-0.2, -0.15) is 0 Å². The summed E-state index contributed by atoms with van der Waals surface area (Å²) >= 11 is 0. The minimum atomic E-state index is -2.92. The summed E-state index contributed by atoms with van der Waals surface area (Å²) in [6, 6.07) is 0. The molecule has 0 saturated heterocycles. The van der Waals surface area contributed by atoms with Crippen molar-refractivity contribution in [3.05, 3.63) is 0 Å². The van der Waals surface area contributed by atoms with Crippen LogP contribution in [0.4, 0.5) is 0 Å². The fourth-order valence-corrected chi connectivity index (χ4v) is 0. The first-order chi connectivity index (χ1) is 6.93. The van der Waals surface area contributed by atoms with Crippen LogP contribution in [-0.2, 0) is 0 Å². The van der Waals surface area contributed by atoms with Gasteiger partial charge in [-0.15, -0.1) is 0 Å². The van der Waals surface area contributed by atoms with Gasteiger partial charge in [0.15, 0.2) is 0 Å². The molecule has 0 aromatic heterocycles. The van der Waals surface area contributed by atoms with Crippen LogP contribution in [0.25, 0.3) is 0 Å². The van der Waals surface area contributed by atoms with E-state index >= 15 is 0 Å². The molecule has 0 aliphatic heterocycles. The largest absolute Gasteiger partial charge is 2.00 e. The summed E-state index contributed by atoms with van der Waals surface area (Å²) in [4.78, 5) is 0. The van der Waals surface area contributed by atoms with Crippen LogP contribution in [0, 0.1) is 0 Å². The third kappa shape index (κ3) is 548. The Labute approximate surface area is 271 Å². The Hall–Kier alpha value is 5.82. The van der Waals surface area contributed by atoms with E-state index in [2.05, 4.69) is 0 Å². The molecule has 0 aromatic rings. The minimum Gasteiger partial charge on any atom is -0.907 e. The summed E-state index contributed by atoms with van der Waals surface area (Å²) in [5, 5.41) is 101. The van der Waals surface area contributed by atoms with Crippen LogP contribution >= 0.6 is 0 Å². The van der Waals surface area contributed by atoms with Gasteiger partial charge >= 0.3 is 182 Å². The van der Waals surface area contributed by atoms with Gasteiger partial charge in [0.1, 0.15) is 0 Å². The summed E-state index contributed by atoms with van der Waals surface area (Å²) in [6.07, 6.45) is 0. The average Bonchev–Trinajstić information content (AvgIpc) is 1.76. The van der Waals surface area contributed by atoms with Crippen molar-refractivity contribution in [3.8, 4) is 0 Å². The van der Waals surface area contributed by atoms with Crippen LogP contribution in [0.1, 0.15) is 0 Å². The molecular weight excluding hydrogens is 444 g/mol. The zero-order valence-corrected chi connectivity index (χ0v) is 22.8. The Morgan fingerprint density at radius 3 is 0.304 bits per heavy atom. The van der Waals surface area contributed by atoms with Gasteiger partial charge in [-0.05, 0) is 0 Å². The van der Waals surface area contributed by atoms with Crippen molar-refractivity contribution in [2.24, 2.45) is 0 Å². The van der Waals surface area contributed by atoms with Crippen molar-refractivity contribution in [1.29, 1.82) is 0 Å². The first-order valence-corrected chi connectivity index (χ1v) is 2.83. The van der Waals surface area contributed by atoms with E-state index < -0.39 is 29.3 Å². The standard InChI is InChI=1S/4BO3.3Ca.3Mg.H2O/c4*2-1(3)4;;;;;;;/h;;;;;;;;;;1H2/q4*-3;6*+2;. The van der Waals surface area contributed by atoms with Gasteiger partial charge < -0.3 is 65.8 Å². The number of hydrogen-bond acceptors (Lipinski definition) is 12. The minimum absolute atomic E-state index is 0. The molecule has 0 spiro atoms. The number of rotatable bonds is 0. The fourth-order valence-electron chi connectivity index (χ4n) is 0. The molecule has 104 valence electrons. The Morgan fingerprint density at radius 1 is 0.304 bits per heavy atom. The van der Waals surface area contributed by atoms with E-state index in [1.165, 1.54) is 0 Å². The normalized spacial score (nSPS) is 4.70. The molecular formula is H2B4Ca3Mg3O13.